The van der Waals surface area contributed by atoms with E-state index >= 15 is 0 Å². The summed E-state index contributed by atoms with van der Waals surface area (Å²) < 4.78 is 0. The molecule has 14 heavy (non-hydrogen) atoms. The minimum atomic E-state index is 0.250. The average Bonchev–Trinajstić information content (AvgIpc) is 2.17. The molecule has 0 aromatic heterocycles. The van der Waals surface area contributed by atoms with E-state index in [1.165, 1.54) is 11.1 Å². The van der Waals surface area contributed by atoms with Crippen LogP contribution >= 0.6 is 0 Å². The molecule has 1 aromatic carbocycles. The van der Waals surface area contributed by atoms with Gasteiger partial charge in [0.25, 0.3) is 0 Å². The van der Waals surface area contributed by atoms with Gasteiger partial charge in [0.15, 0.2) is 0 Å². The zero-order valence-electron chi connectivity index (χ0n) is 9.67. The Kier molecular flexibility index (Phi) is 3.15. The van der Waals surface area contributed by atoms with Crippen molar-refractivity contribution in [3.63, 3.8) is 0 Å². The highest BCUT2D eigenvalue weighted by molar-refractivity contribution is 5.47. The molecular weight excluding hydrogens is 168 g/mol. The summed E-state index contributed by atoms with van der Waals surface area (Å²) in [5, 5.41) is 0. The molecule has 0 aliphatic carbocycles. The third kappa shape index (κ3) is 2.06. The molecule has 1 aromatic rings. The van der Waals surface area contributed by atoms with Crippen LogP contribution in [-0.2, 0) is 5.41 Å². The Morgan fingerprint density at radius 1 is 1.14 bits per heavy atom. The van der Waals surface area contributed by atoms with E-state index in [1.54, 1.807) is 0 Å². The van der Waals surface area contributed by atoms with E-state index in [-0.39, 0.29) is 5.41 Å². The molecule has 0 atom stereocenters. The van der Waals surface area contributed by atoms with Gasteiger partial charge in [-0.2, -0.15) is 0 Å². The van der Waals surface area contributed by atoms with E-state index < -0.39 is 0 Å². The topological polar surface area (TPSA) is 0 Å². The molecule has 0 aliphatic rings. The highest BCUT2D eigenvalue weighted by Gasteiger charge is 2.23. The normalized spacial score (nSPS) is 11.8. The van der Waals surface area contributed by atoms with Gasteiger partial charge in [-0.3, -0.25) is 0 Å². The van der Waals surface area contributed by atoms with Crippen molar-refractivity contribution in [3.05, 3.63) is 42.0 Å². The molecule has 0 amide bonds. The van der Waals surface area contributed by atoms with E-state index in [0.717, 1.165) is 0 Å². The van der Waals surface area contributed by atoms with Crippen LogP contribution in [0.15, 0.2) is 30.8 Å². The van der Waals surface area contributed by atoms with Crippen molar-refractivity contribution in [2.45, 2.75) is 33.1 Å². The Bertz CT molecular complexity index is 301. The van der Waals surface area contributed by atoms with E-state index in [0.29, 0.717) is 5.92 Å². The largest absolute Gasteiger partial charge is 0.0985 e. The molecule has 76 valence electrons. The van der Waals surface area contributed by atoms with Crippen LogP contribution in [0.4, 0.5) is 0 Å². The highest BCUT2D eigenvalue weighted by Crippen LogP contribution is 2.31. The van der Waals surface area contributed by atoms with Gasteiger partial charge < -0.3 is 0 Å². The summed E-state index contributed by atoms with van der Waals surface area (Å²) >= 11 is 0. The first kappa shape index (κ1) is 11.0. The van der Waals surface area contributed by atoms with Gasteiger partial charge in [-0.25, -0.2) is 0 Å². The van der Waals surface area contributed by atoms with Crippen molar-refractivity contribution in [3.8, 4) is 0 Å². The summed E-state index contributed by atoms with van der Waals surface area (Å²) in [5.74, 6) is 0.650. The van der Waals surface area contributed by atoms with Gasteiger partial charge in [-0.15, -0.1) is 0 Å². The summed E-state index contributed by atoms with van der Waals surface area (Å²) in [6.07, 6.45) is 1.88. The molecular formula is C14H20. The van der Waals surface area contributed by atoms with Crippen LogP contribution in [0, 0.1) is 5.92 Å². The smallest absolute Gasteiger partial charge is 0.00806 e. The molecule has 0 spiro atoms. The maximum Gasteiger partial charge on any atom is -0.00806 e. The van der Waals surface area contributed by atoms with Crippen molar-refractivity contribution in [2.24, 2.45) is 5.92 Å². The first-order valence-corrected chi connectivity index (χ1v) is 5.21. The molecule has 0 radical (unpaired) electrons. The van der Waals surface area contributed by atoms with E-state index in [2.05, 4.69) is 58.5 Å². The zero-order valence-corrected chi connectivity index (χ0v) is 9.67. The summed E-state index contributed by atoms with van der Waals surface area (Å²) in [5.41, 5.74) is 2.84. The van der Waals surface area contributed by atoms with Crippen LogP contribution in [0.2, 0.25) is 0 Å². The number of benzene rings is 1. The van der Waals surface area contributed by atoms with Gasteiger partial charge in [0, 0.05) is 0 Å². The predicted octanol–water partition coefficient (Wildman–Crippen LogP) is 4.26. The standard InChI is InChI=1S/C14H20/c1-6-12-7-9-13(10-8-12)14(4,5)11(2)3/h6-11H,1H2,2-5H3. The summed E-state index contributed by atoms with van der Waals surface area (Å²) in [6.45, 7) is 12.9. The predicted molar refractivity (Wildman–Crippen MR) is 64.4 cm³/mol. The highest BCUT2D eigenvalue weighted by atomic mass is 14.3. The molecule has 1 rings (SSSR count). The average molecular weight is 188 g/mol. The molecule has 0 nitrogen and oxygen atoms in total. The summed E-state index contributed by atoms with van der Waals surface area (Å²) in [7, 11) is 0. The van der Waals surface area contributed by atoms with Crippen LogP contribution in [0.5, 0.6) is 0 Å². The fraction of sp³-hybridized carbons (Fsp3) is 0.429. The minimum absolute atomic E-state index is 0.250. The van der Waals surface area contributed by atoms with Crippen molar-refractivity contribution in [1.82, 2.24) is 0 Å². The fourth-order valence-corrected chi connectivity index (χ4v) is 1.38. The minimum Gasteiger partial charge on any atom is -0.0985 e. The van der Waals surface area contributed by atoms with Gasteiger partial charge >= 0.3 is 0 Å². The molecule has 0 heterocycles. The third-order valence-electron chi connectivity index (χ3n) is 3.33. The Labute approximate surface area is 87.7 Å². The molecule has 0 saturated heterocycles. The van der Waals surface area contributed by atoms with Gasteiger partial charge in [0.1, 0.15) is 0 Å². The van der Waals surface area contributed by atoms with Crippen LogP contribution in [0.25, 0.3) is 6.08 Å². The second-order valence-corrected chi connectivity index (χ2v) is 4.70. The van der Waals surface area contributed by atoms with Gasteiger partial charge in [-0.05, 0) is 22.5 Å². The lowest BCUT2D eigenvalue weighted by molar-refractivity contribution is 0.372. The SMILES string of the molecule is C=Cc1ccc(C(C)(C)C(C)C)cc1. The third-order valence-corrected chi connectivity index (χ3v) is 3.33. The maximum atomic E-state index is 3.76. The molecule has 0 unspecified atom stereocenters. The Morgan fingerprint density at radius 2 is 1.64 bits per heavy atom. The lowest BCUT2D eigenvalue weighted by atomic mass is 9.75. The Morgan fingerprint density at radius 3 is 2.00 bits per heavy atom. The molecule has 0 bridgehead atoms. The lowest BCUT2D eigenvalue weighted by Crippen LogP contribution is -2.24. The summed E-state index contributed by atoms with van der Waals surface area (Å²) in [4.78, 5) is 0. The first-order chi connectivity index (χ1) is 6.48. The number of hydrogen-bond donors (Lipinski definition) is 0. The Hall–Kier alpha value is -1.04. The molecule has 0 fully saturated rings. The van der Waals surface area contributed by atoms with Crippen LogP contribution in [0.1, 0.15) is 38.8 Å². The van der Waals surface area contributed by atoms with Crippen molar-refractivity contribution < 1.29 is 0 Å². The van der Waals surface area contributed by atoms with Crippen LogP contribution < -0.4 is 0 Å². The lowest BCUT2D eigenvalue weighted by Gasteiger charge is -2.30. The number of hydrogen-bond acceptors (Lipinski definition) is 0. The van der Waals surface area contributed by atoms with Crippen LogP contribution in [0.3, 0.4) is 0 Å². The monoisotopic (exact) mass is 188 g/mol. The summed E-state index contributed by atoms with van der Waals surface area (Å²) in [6, 6.07) is 8.67. The Balaban J connectivity index is 3.02. The van der Waals surface area contributed by atoms with Gasteiger partial charge in [-0.1, -0.05) is 64.6 Å². The van der Waals surface area contributed by atoms with Gasteiger partial charge in [0.05, 0.1) is 0 Å². The molecule has 0 saturated carbocycles. The van der Waals surface area contributed by atoms with Crippen LogP contribution in [-0.4, -0.2) is 0 Å². The molecule has 0 heteroatoms. The van der Waals surface area contributed by atoms with E-state index in [4.69, 9.17) is 0 Å². The molecule has 0 aliphatic heterocycles. The fourth-order valence-electron chi connectivity index (χ4n) is 1.38. The first-order valence-electron chi connectivity index (χ1n) is 5.21. The second-order valence-electron chi connectivity index (χ2n) is 4.70. The quantitative estimate of drug-likeness (QED) is 0.664. The van der Waals surface area contributed by atoms with Crippen molar-refractivity contribution in [2.75, 3.05) is 0 Å². The maximum absolute atomic E-state index is 3.76. The zero-order chi connectivity index (χ0) is 10.8. The van der Waals surface area contributed by atoms with Crippen molar-refractivity contribution >= 4 is 6.08 Å². The number of rotatable bonds is 3. The molecule has 0 N–H and O–H groups in total. The van der Waals surface area contributed by atoms with E-state index in [9.17, 15) is 0 Å². The van der Waals surface area contributed by atoms with Crippen molar-refractivity contribution in [1.29, 1.82) is 0 Å². The van der Waals surface area contributed by atoms with E-state index in [1.807, 2.05) is 6.08 Å². The van der Waals surface area contributed by atoms with Gasteiger partial charge in [0.2, 0.25) is 0 Å². The second kappa shape index (κ2) is 4.00.